The second-order valence-electron chi connectivity index (χ2n) is 9.57. The van der Waals surface area contributed by atoms with Crippen LogP contribution in [0, 0.1) is 11.6 Å². The third kappa shape index (κ3) is 5.41. The van der Waals surface area contributed by atoms with Gasteiger partial charge in [-0.05, 0) is 79.3 Å². The predicted molar refractivity (Wildman–Crippen MR) is 131 cm³/mol. The van der Waals surface area contributed by atoms with E-state index in [9.17, 15) is 13.9 Å². The van der Waals surface area contributed by atoms with Crippen LogP contribution in [-0.4, -0.2) is 33.6 Å². The average Bonchev–Trinajstić information content (AvgIpc) is 2.66. The number of aliphatic hydroxyl groups is 1. The van der Waals surface area contributed by atoms with Gasteiger partial charge in [0.25, 0.3) is 0 Å². The van der Waals surface area contributed by atoms with Gasteiger partial charge in [0.15, 0.2) is 0 Å². The summed E-state index contributed by atoms with van der Waals surface area (Å²) in [6.07, 6.45) is 6.96. The van der Waals surface area contributed by atoms with Crippen molar-refractivity contribution in [2.24, 2.45) is 0 Å². The highest BCUT2D eigenvalue weighted by Gasteiger charge is 2.37. The van der Waals surface area contributed by atoms with Crippen molar-refractivity contribution in [2.45, 2.75) is 43.7 Å². The van der Waals surface area contributed by atoms with Gasteiger partial charge in [-0.1, -0.05) is 42.0 Å². The van der Waals surface area contributed by atoms with Crippen molar-refractivity contribution in [2.75, 3.05) is 13.1 Å². The molecular formula is C27H27Cl2F2NO. The summed E-state index contributed by atoms with van der Waals surface area (Å²) in [4.78, 5) is 1.87. The van der Waals surface area contributed by atoms with Gasteiger partial charge in [-0.3, -0.25) is 4.90 Å². The number of hydrogen-bond donors (Lipinski definition) is 1. The molecule has 1 heterocycles. The summed E-state index contributed by atoms with van der Waals surface area (Å²) in [6, 6.07) is 11.1. The highest BCUT2D eigenvalue weighted by atomic mass is 35.5. The van der Waals surface area contributed by atoms with E-state index in [-0.39, 0.29) is 6.04 Å². The summed E-state index contributed by atoms with van der Waals surface area (Å²) in [5, 5.41) is 11.5. The maximum Gasteiger partial charge on any atom is 0.126 e. The smallest absolute Gasteiger partial charge is 0.126 e. The molecule has 0 radical (unpaired) electrons. The van der Waals surface area contributed by atoms with Crippen molar-refractivity contribution in [3.05, 3.63) is 99.6 Å². The number of nitrogens with zero attached hydrogens (tertiary/aromatic N) is 1. The molecule has 0 spiro atoms. The van der Waals surface area contributed by atoms with Crippen LogP contribution in [0.1, 0.15) is 44.4 Å². The minimum Gasteiger partial charge on any atom is -0.386 e. The maximum absolute atomic E-state index is 13.9. The SMILES string of the molecule is CC1(Cl)C=CC(C(c2ccc(Cl)cc2)N2CC(=C(c3cc(F)cc(F)c3)C(C)(C)O)C2)=CC1. The fraction of sp³-hybridized carbons (Fsp3) is 0.333. The summed E-state index contributed by atoms with van der Waals surface area (Å²) in [5.74, 6) is -1.33. The van der Waals surface area contributed by atoms with Crippen LogP contribution in [0.15, 0.2) is 71.8 Å². The molecule has 1 aliphatic heterocycles. The van der Waals surface area contributed by atoms with Gasteiger partial charge in [-0.2, -0.15) is 0 Å². The van der Waals surface area contributed by atoms with E-state index in [2.05, 4.69) is 17.1 Å². The standard InChI is InChI=1S/C27H27Cl2F2NO/c1-26(2,33)24(19-12-22(30)14-23(31)13-19)20-15-32(16-20)25(17-4-6-21(28)7-5-17)18-8-10-27(3,29)11-9-18/h4-10,12-14,25,33H,11,15-16H2,1-3H3. The van der Waals surface area contributed by atoms with Gasteiger partial charge in [0.2, 0.25) is 0 Å². The van der Waals surface area contributed by atoms with E-state index in [0.29, 0.717) is 29.2 Å². The van der Waals surface area contributed by atoms with E-state index < -0.39 is 22.1 Å². The fourth-order valence-electron chi connectivity index (χ4n) is 4.66. The van der Waals surface area contributed by atoms with Crippen LogP contribution < -0.4 is 0 Å². The summed E-state index contributed by atoms with van der Waals surface area (Å²) < 4.78 is 27.9. The average molecular weight is 490 g/mol. The molecule has 4 rings (SSSR count). The summed E-state index contributed by atoms with van der Waals surface area (Å²) >= 11 is 12.6. The predicted octanol–water partition coefficient (Wildman–Crippen LogP) is 7.08. The van der Waals surface area contributed by atoms with Gasteiger partial charge in [0, 0.05) is 24.2 Å². The highest BCUT2D eigenvalue weighted by molar-refractivity contribution is 6.30. The number of allylic oxidation sites excluding steroid dienone is 2. The van der Waals surface area contributed by atoms with E-state index >= 15 is 0 Å². The molecule has 33 heavy (non-hydrogen) atoms. The van der Waals surface area contributed by atoms with E-state index in [1.165, 1.54) is 12.1 Å². The lowest BCUT2D eigenvalue weighted by molar-refractivity contribution is 0.136. The number of hydrogen-bond acceptors (Lipinski definition) is 2. The second kappa shape index (κ2) is 8.99. The molecule has 1 saturated heterocycles. The Kier molecular flexibility index (Phi) is 6.58. The number of rotatable bonds is 5. The van der Waals surface area contributed by atoms with Crippen LogP contribution in [0.4, 0.5) is 8.78 Å². The van der Waals surface area contributed by atoms with Gasteiger partial charge in [-0.15, -0.1) is 11.6 Å². The Morgan fingerprint density at radius 2 is 1.70 bits per heavy atom. The molecular weight excluding hydrogens is 463 g/mol. The first kappa shape index (κ1) is 24.2. The van der Waals surface area contributed by atoms with E-state index in [4.69, 9.17) is 23.2 Å². The lowest BCUT2D eigenvalue weighted by atomic mass is 9.82. The van der Waals surface area contributed by atoms with Crippen LogP contribution in [0.25, 0.3) is 5.57 Å². The molecule has 0 saturated carbocycles. The zero-order valence-corrected chi connectivity index (χ0v) is 20.4. The van der Waals surface area contributed by atoms with Gasteiger partial charge in [0.1, 0.15) is 11.6 Å². The van der Waals surface area contributed by atoms with Crippen molar-refractivity contribution in [1.29, 1.82) is 0 Å². The first-order chi connectivity index (χ1) is 15.4. The van der Waals surface area contributed by atoms with E-state index in [1.54, 1.807) is 13.8 Å². The van der Waals surface area contributed by atoms with Crippen molar-refractivity contribution in [1.82, 2.24) is 4.90 Å². The number of alkyl halides is 1. The lowest BCUT2D eigenvalue weighted by Crippen LogP contribution is -2.45. The van der Waals surface area contributed by atoms with Crippen LogP contribution in [0.5, 0.6) is 0 Å². The third-order valence-electron chi connectivity index (χ3n) is 6.13. The van der Waals surface area contributed by atoms with Crippen molar-refractivity contribution < 1.29 is 13.9 Å². The molecule has 6 heteroatoms. The van der Waals surface area contributed by atoms with Crippen molar-refractivity contribution in [3.63, 3.8) is 0 Å². The molecule has 0 amide bonds. The number of halogens is 4. The quantitative estimate of drug-likeness (QED) is 0.453. The van der Waals surface area contributed by atoms with Crippen LogP contribution >= 0.6 is 23.2 Å². The molecule has 2 unspecified atom stereocenters. The molecule has 1 fully saturated rings. The lowest BCUT2D eigenvalue weighted by Gasteiger charge is -2.44. The monoisotopic (exact) mass is 489 g/mol. The number of benzene rings is 2. The van der Waals surface area contributed by atoms with E-state index in [1.807, 2.05) is 37.3 Å². The first-order valence-corrected chi connectivity index (χ1v) is 11.7. The Morgan fingerprint density at radius 1 is 1.09 bits per heavy atom. The normalized spacial score (nSPS) is 22.1. The van der Waals surface area contributed by atoms with Gasteiger partial charge in [0.05, 0.1) is 16.5 Å². The Hall–Kier alpha value is -1.98. The second-order valence-corrected chi connectivity index (χ2v) is 10.9. The molecule has 2 atom stereocenters. The van der Waals surface area contributed by atoms with Gasteiger partial charge in [-0.25, -0.2) is 8.78 Å². The van der Waals surface area contributed by atoms with Gasteiger partial charge >= 0.3 is 0 Å². The maximum atomic E-state index is 13.9. The molecule has 2 aromatic carbocycles. The first-order valence-electron chi connectivity index (χ1n) is 10.9. The van der Waals surface area contributed by atoms with Crippen LogP contribution in [-0.2, 0) is 0 Å². The summed E-state index contributed by atoms with van der Waals surface area (Å²) in [5.41, 5.74) is 2.86. The zero-order valence-electron chi connectivity index (χ0n) is 18.9. The van der Waals surface area contributed by atoms with Crippen molar-refractivity contribution in [3.8, 4) is 0 Å². The highest BCUT2D eigenvalue weighted by Crippen LogP contribution is 2.42. The topological polar surface area (TPSA) is 23.5 Å². The Balaban J connectivity index is 1.70. The third-order valence-corrected chi connectivity index (χ3v) is 6.66. The molecule has 0 bridgehead atoms. The molecule has 174 valence electrons. The van der Waals surface area contributed by atoms with Crippen LogP contribution in [0.3, 0.4) is 0 Å². The number of likely N-dealkylation sites (tertiary alicyclic amines) is 1. The fourth-order valence-corrected chi connectivity index (χ4v) is 4.92. The Labute approximate surface area is 203 Å². The minimum atomic E-state index is -1.25. The largest absolute Gasteiger partial charge is 0.386 e. The summed E-state index contributed by atoms with van der Waals surface area (Å²) in [7, 11) is 0. The molecule has 2 nitrogen and oxygen atoms in total. The molecule has 2 aliphatic rings. The Bertz CT molecular complexity index is 1120. The Morgan fingerprint density at radius 3 is 2.21 bits per heavy atom. The minimum absolute atomic E-state index is 0.0256. The molecule has 1 aliphatic carbocycles. The molecule has 0 aromatic heterocycles. The van der Waals surface area contributed by atoms with E-state index in [0.717, 1.165) is 29.2 Å². The molecule has 1 N–H and O–H groups in total. The summed E-state index contributed by atoms with van der Waals surface area (Å²) in [6.45, 7) is 6.40. The van der Waals surface area contributed by atoms with Crippen LogP contribution in [0.2, 0.25) is 5.02 Å². The zero-order chi connectivity index (χ0) is 24.0. The van der Waals surface area contributed by atoms with Crippen molar-refractivity contribution >= 4 is 28.8 Å². The molecule has 2 aromatic rings. The van der Waals surface area contributed by atoms with Gasteiger partial charge < -0.3 is 5.11 Å².